The maximum Gasteiger partial charge on any atom is 0.326 e. The van der Waals surface area contributed by atoms with Gasteiger partial charge in [0.2, 0.25) is 11.8 Å². The lowest BCUT2D eigenvalue weighted by Gasteiger charge is -2.23. The van der Waals surface area contributed by atoms with Crippen molar-refractivity contribution in [2.24, 2.45) is 23.0 Å². The number of hydrogen-bond acceptors (Lipinski definition) is 9. The van der Waals surface area contributed by atoms with E-state index < -0.39 is 35.4 Å². The molecule has 60 heavy (non-hydrogen) atoms. The van der Waals surface area contributed by atoms with Gasteiger partial charge in [-0.2, -0.15) is 0 Å². The van der Waals surface area contributed by atoms with Gasteiger partial charge < -0.3 is 26.6 Å². The van der Waals surface area contributed by atoms with Gasteiger partial charge in [0, 0.05) is 62.3 Å². The van der Waals surface area contributed by atoms with Crippen LogP contribution < -0.4 is 16.4 Å². The molecule has 0 aromatic heterocycles. The molecule has 0 aliphatic carbocycles. The lowest BCUT2D eigenvalue weighted by molar-refractivity contribution is -0.142. The lowest BCUT2D eigenvalue weighted by atomic mass is 9.79. The van der Waals surface area contributed by atoms with Gasteiger partial charge in [-0.1, -0.05) is 118 Å². The van der Waals surface area contributed by atoms with Crippen molar-refractivity contribution in [1.29, 1.82) is 0 Å². The molecule has 13 nitrogen and oxygen atoms in total. The summed E-state index contributed by atoms with van der Waals surface area (Å²) < 4.78 is 0. The topological polar surface area (TPSA) is 227 Å². The maximum absolute atomic E-state index is 13.3. The van der Waals surface area contributed by atoms with Crippen LogP contribution in [0.3, 0.4) is 0 Å². The number of carboxylic acids is 2. The standard InChI is InChI=1S/C47H83N3O10/c1-6-7-17-25-37(34-42(54)47(3,4)5)41(53)33-36(35(2)51)24-22-23-32-49-45(58)39(48)27-19-16-18-26-38(52)30-31-40(46(59)60)50-43(55)28-20-14-12-10-8-9-11-13-15-21-29-44(56)57/h36-37,39-40H,6-34,48H2,1-5H3,(H,49,58)(H,50,55)(H,56,57)(H,59,60)/t36-,37-,39+,40+/m1/s1. The molecule has 346 valence electrons. The summed E-state index contributed by atoms with van der Waals surface area (Å²) in [7, 11) is 0. The molecule has 0 unspecified atom stereocenters. The Morgan fingerprint density at radius 3 is 1.65 bits per heavy atom. The van der Waals surface area contributed by atoms with E-state index in [0.29, 0.717) is 64.3 Å². The molecule has 0 aliphatic heterocycles. The highest BCUT2D eigenvalue weighted by Crippen LogP contribution is 2.27. The first kappa shape index (κ1) is 56.5. The molecule has 13 heteroatoms. The number of carboxylic acid groups (broad SMARTS) is 2. The van der Waals surface area contributed by atoms with Gasteiger partial charge >= 0.3 is 11.9 Å². The number of Topliss-reactive ketones (excluding diaryl/α,β-unsaturated/α-hetero) is 4. The fourth-order valence-corrected chi connectivity index (χ4v) is 7.19. The Hall–Kier alpha value is -3.48. The zero-order valence-corrected chi connectivity index (χ0v) is 38.1. The predicted octanol–water partition coefficient (Wildman–Crippen LogP) is 8.60. The Kier molecular flexibility index (Phi) is 32.2. The van der Waals surface area contributed by atoms with Crippen molar-refractivity contribution in [3.63, 3.8) is 0 Å². The number of hydrogen-bond donors (Lipinski definition) is 5. The van der Waals surface area contributed by atoms with E-state index in [1.165, 1.54) is 6.92 Å². The van der Waals surface area contributed by atoms with Gasteiger partial charge in [0.05, 0.1) is 6.04 Å². The summed E-state index contributed by atoms with van der Waals surface area (Å²) in [5.41, 5.74) is 5.58. The molecule has 0 aromatic rings. The summed E-state index contributed by atoms with van der Waals surface area (Å²) in [5.74, 6) is -3.33. The van der Waals surface area contributed by atoms with Crippen LogP contribution >= 0.6 is 0 Å². The van der Waals surface area contributed by atoms with Crippen LogP contribution in [0.15, 0.2) is 0 Å². The first-order chi connectivity index (χ1) is 28.4. The summed E-state index contributed by atoms with van der Waals surface area (Å²) in [6.07, 6.45) is 18.7. The third kappa shape index (κ3) is 30.5. The first-order valence-corrected chi connectivity index (χ1v) is 23.2. The lowest BCUT2D eigenvalue weighted by Crippen LogP contribution is -2.41. The van der Waals surface area contributed by atoms with Gasteiger partial charge in [-0.25, -0.2) is 4.79 Å². The van der Waals surface area contributed by atoms with E-state index in [4.69, 9.17) is 10.8 Å². The summed E-state index contributed by atoms with van der Waals surface area (Å²) in [6, 6.07) is -1.80. The maximum atomic E-state index is 13.3. The van der Waals surface area contributed by atoms with Gasteiger partial charge in [0.15, 0.2) is 0 Å². The highest BCUT2D eigenvalue weighted by molar-refractivity contribution is 5.92. The van der Waals surface area contributed by atoms with Gasteiger partial charge in [-0.3, -0.25) is 33.6 Å². The van der Waals surface area contributed by atoms with Gasteiger partial charge in [0.25, 0.3) is 0 Å². The van der Waals surface area contributed by atoms with E-state index in [2.05, 4.69) is 17.6 Å². The minimum Gasteiger partial charge on any atom is -0.481 e. The van der Waals surface area contributed by atoms with E-state index in [9.17, 15) is 43.5 Å². The molecule has 0 rings (SSSR count). The highest BCUT2D eigenvalue weighted by atomic mass is 16.4. The molecule has 6 N–H and O–H groups in total. The summed E-state index contributed by atoms with van der Waals surface area (Å²) >= 11 is 0. The van der Waals surface area contributed by atoms with Gasteiger partial charge in [-0.15, -0.1) is 0 Å². The molecule has 0 saturated heterocycles. The predicted molar refractivity (Wildman–Crippen MR) is 235 cm³/mol. The second kappa shape index (κ2) is 34.1. The zero-order valence-electron chi connectivity index (χ0n) is 38.1. The van der Waals surface area contributed by atoms with Crippen LogP contribution in [0.1, 0.15) is 214 Å². The van der Waals surface area contributed by atoms with Crippen LogP contribution in [0.2, 0.25) is 0 Å². The van der Waals surface area contributed by atoms with Gasteiger partial charge in [0.1, 0.15) is 29.2 Å². The van der Waals surface area contributed by atoms with Crippen molar-refractivity contribution < 1.29 is 48.6 Å². The number of rotatable bonds is 40. The van der Waals surface area contributed by atoms with Crippen LogP contribution in [-0.2, 0) is 38.4 Å². The van der Waals surface area contributed by atoms with E-state index >= 15 is 0 Å². The summed E-state index contributed by atoms with van der Waals surface area (Å²) in [5, 5.41) is 23.6. The number of nitrogens with two attached hydrogens (primary N) is 1. The second-order valence-electron chi connectivity index (χ2n) is 18.0. The van der Waals surface area contributed by atoms with Crippen LogP contribution in [-0.4, -0.2) is 75.7 Å². The van der Waals surface area contributed by atoms with Crippen LogP contribution in [0.4, 0.5) is 0 Å². The van der Waals surface area contributed by atoms with Gasteiger partial charge in [-0.05, 0) is 58.3 Å². The minimum atomic E-state index is -1.16. The van der Waals surface area contributed by atoms with Crippen molar-refractivity contribution in [3.8, 4) is 0 Å². The highest BCUT2D eigenvalue weighted by Gasteiger charge is 2.30. The van der Waals surface area contributed by atoms with E-state index in [1.807, 2.05) is 20.8 Å². The molecule has 0 radical (unpaired) electrons. The number of nitrogens with one attached hydrogen (secondary N) is 2. The van der Waals surface area contributed by atoms with Crippen molar-refractivity contribution in [2.75, 3.05) is 6.54 Å². The third-order valence-electron chi connectivity index (χ3n) is 11.4. The van der Waals surface area contributed by atoms with Crippen molar-refractivity contribution >= 4 is 46.9 Å². The average molecular weight is 850 g/mol. The molecular formula is C47H83N3O10. The van der Waals surface area contributed by atoms with Crippen molar-refractivity contribution in [1.82, 2.24) is 10.6 Å². The molecule has 0 aliphatic rings. The second-order valence-corrected chi connectivity index (χ2v) is 18.0. The molecule has 2 amide bonds. The van der Waals surface area contributed by atoms with Crippen LogP contribution in [0, 0.1) is 17.3 Å². The van der Waals surface area contributed by atoms with E-state index in [1.54, 1.807) is 0 Å². The molecule has 0 bridgehead atoms. The Balaban J connectivity index is 4.27. The number of amides is 2. The fraction of sp³-hybridized carbons (Fsp3) is 0.830. The Morgan fingerprint density at radius 2 is 1.10 bits per heavy atom. The molecule has 0 aromatic carbocycles. The smallest absolute Gasteiger partial charge is 0.326 e. The number of ketones is 4. The van der Waals surface area contributed by atoms with Crippen molar-refractivity contribution in [2.45, 2.75) is 226 Å². The Morgan fingerprint density at radius 1 is 0.583 bits per heavy atom. The molecule has 0 spiro atoms. The number of aliphatic carboxylic acids is 2. The molecule has 0 heterocycles. The van der Waals surface area contributed by atoms with Crippen LogP contribution in [0.5, 0.6) is 0 Å². The molecule has 4 atom stereocenters. The monoisotopic (exact) mass is 850 g/mol. The normalized spacial score (nSPS) is 13.5. The number of unbranched alkanes of at least 4 members (excludes halogenated alkanes) is 14. The summed E-state index contributed by atoms with van der Waals surface area (Å²) in [4.78, 5) is 98.1. The molecular weight excluding hydrogens is 767 g/mol. The fourth-order valence-electron chi connectivity index (χ4n) is 7.19. The molecule has 0 fully saturated rings. The van der Waals surface area contributed by atoms with E-state index in [0.717, 1.165) is 77.0 Å². The number of carbonyl (C=O) groups excluding carboxylic acids is 6. The zero-order chi connectivity index (χ0) is 45.3. The Labute approximate surface area is 361 Å². The van der Waals surface area contributed by atoms with Crippen molar-refractivity contribution in [3.05, 3.63) is 0 Å². The largest absolute Gasteiger partial charge is 0.481 e. The number of carbonyl (C=O) groups is 8. The SMILES string of the molecule is CCCCC[C@H](CC(=O)C(C)(C)C)C(=O)C[C@@H](CCCCNC(=O)[C@@H](N)CCCCCC(=O)CC[C@H](NC(=O)CCCCCCCCCCCCC(=O)O)C(=O)O)C(C)=O. The summed E-state index contributed by atoms with van der Waals surface area (Å²) in [6.45, 7) is 9.59. The van der Waals surface area contributed by atoms with Crippen LogP contribution in [0.25, 0.3) is 0 Å². The minimum absolute atomic E-state index is 0.0124. The quantitative estimate of drug-likeness (QED) is 0.0367. The third-order valence-corrected chi connectivity index (χ3v) is 11.4. The molecule has 0 saturated carbocycles. The van der Waals surface area contributed by atoms with E-state index in [-0.39, 0.29) is 85.8 Å². The first-order valence-electron chi connectivity index (χ1n) is 23.2. The Bertz CT molecular complexity index is 1290. The average Bonchev–Trinajstić information content (AvgIpc) is 3.17.